The number of nitrogens with two attached hydrogens (primary N) is 1. The highest BCUT2D eigenvalue weighted by atomic mass is 32.1. The highest BCUT2D eigenvalue weighted by Crippen LogP contribution is 2.26. The van der Waals surface area contributed by atoms with Crippen molar-refractivity contribution >= 4 is 28.2 Å². The summed E-state index contributed by atoms with van der Waals surface area (Å²) in [5, 5.41) is 3.79. The Kier molecular flexibility index (Phi) is 5.40. The molecule has 0 unspecified atom stereocenters. The standard InChI is InChI=1S/C12H22N4OS/c1-5-7-16(8(3)4)11(17)9-10(13)15-12(18-9)14-6-2/h8H,5-7,13H2,1-4H3,(H,14,15). The van der Waals surface area contributed by atoms with Gasteiger partial charge in [-0.3, -0.25) is 4.79 Å². The zero-order chi connectivity index (χ0) is 13.7. The summed E-state index contributed by atoms with van der Waals surface area (Å²) in [7, 11) is 0. The summed E-state index contributed by atoms with van der Waals surface area (Å²) in [5.74, 6) is 0.300. The predicted octanol–water partition coefficient (Wildman–Crippen LogP) is 2.42. The Labute approximate surface area is 112 Å². The second kappa shape index (κ2) is 6.58. The summed E-state index contributed by atoms with van der Waals surface area (Å²) in [6.07, 6.45) is 0.933. The molecule has 0 aliphatic rings. The zero-order valence-corrected chi connectivity index (χ0v) is 12.3. The number of nitrogen functional groups attached to an aromatic ring is 1. The van der Waals surface area contributed by atoms with Gasteiger partial charge in [0.1, 0.15) is 10.7 Å². The van der Waals surface area contributed by atoms with E-state index in [1.54, 1.807) is 0 Å². The fourth-order valence-electron chi connectivity index (χ4n) is 1.68. The van der Waals surface area contributed by atoms with Crippen LogP contribution in [-0.4, -0.2) is 34.9 Å². The van der Waals surface area contributed by atoms with Crippen molar-refractivity contribution in [2.24, 2.45) is 0 Å². The Balaban J connectivity index is 2.93. The maximum absolute atomic E-state index is 12.4. The van der Waals surface area contributed by atoms with Crippen molar-refractivity contribution in [3.8, 4) is 0 Å². The highest BCUT2D eigenvalue weighted by molar-refractivity contribution is 7.18. The molecule has 0 saturated heterocycles. The molecule has 6 heteroatoms. The third kappa shape index (κ3) is 3.35. The Morgan fingerprint density at radius 2 is 2.17 bits per heavy atom. The van der Waals surface area contributed by atoms with Crippen LogP contribution in [0.1, 0.15) is 43.8 Å². The van der Waals surface area contributed by atoms with Crippen LogP contribution in [0.3, 0.4) is 0 Å². The summed E-state index contributed by atoms with van der Waals surface area (Å²) in [5.41, 5.74) is 5.82. The van der Waals surface area contributed by atoms with E-state index in [4.69, 9.17) is 5.73 Å². The molecular weight excluding hydrogens is 248 g/mol. The lowest BCUT2D eigenvalue weighted by molar-refractivity contribution is 0.0712. The van der Waals surface area contributed by atoms with Gasteiger partial charge in [0.2, 0.25) is 0 Å². The third-order valence-corrected chi connectivity index (χ3v) is 3.54. The number of rotatable bonds is 6. The molecular formula is C12H22N4OS. The molecule has 0 aromatic carbocycles. The van der Waals surface area contributed by atoms with Gasteiger partial charge in [-0.2, -0.15) is 0 Å². The lowest BCUT2D eigenvalue weighted by Gasteiger charge is -2.25. The van der Waals surface area contributed by atoms with Crippen LogP contribution in [0.5, 0.6) is 0 Å². The van der Waals surface area contributed by atoms with Crippen molar-refractivity contribution < 1.29 is 4.79 Å². The molecule has 18 heavy (non-hydrogen) atoms. The molecule has 0 bridgehead atoms. The first-order valence-electron chi connectivity index (χ1n) is 6.32. The van der Waals surface area contributed by atoms with E-state index >= 15 is 0 Å². The monoisotopic (exact) mass is 270 g/mol. The fraction of sp³-hybridized carbons (Fsp3) is 0.667. The van der Waals surface area contributed by atoms with Crippen molar-refractivity contribution in [1.29, 1.82) is 0 Å². The summed E-state index contributed by atoms with van der Waals surface area (Å²) in [6, 6.07) is 0.168. The number of hydrogen-bond acceptors (Lipinski definition) is 5. The van der Waals surface area contributed by atoms with Gasteiger partial charge in [-0.05, 0) is 27.2 Å². The topological polar surface area (TPSA) is 71.2 Å². The Morgan fingerprint density at radius 3 is 2.67 bits per heavy atom. The van der Waals surface area contributed by atoms with Crippen LogP contribution in [0.2, 0.25) is 0 Å². The summed E-state index contributed by atoms with van der Waals surface area (Å²) >= 11 is 1.33. The number of nitrogens with zero attached hydrogens (tertiary/aromatic N) is 2. The molecule has 1 heterocycles. The van der Waals surface area contributed by atoms with E-state index in [1.165, 1.54) is 11.3 Å². The van der Waals surface area contributed by atoms with Crippen LogP contribution in [0, 0.1) is 0 Å². The molecule has 3 N–H and O–H groups in total. The normalized spacial score (nSPS) is 10.7. The van der Waals surface area contributed by atoms with Crippen LogP contribution < -0.4 is 11.1 Å². The van der Waals surface area contributed by atoms with E-state index in [9.17, 15) is 4.79 Å². The van der Waals surface area contributed by atoms with Crippen LogP contribution in [0.4, 0.5) is 10.9 Å². The van der Waals surface area contributed by atoms with Gasteiger partial charge in [-0.25, -0.2) is 4.98 Å². The number of carbonyl (C=O) groups is 1. The van der Waals surface area contributed by atoms with Gasteiger partial charge in [0, 0.05) is 19.1 Å². The Bertz CT molecular complexity index is 403. The Morgan fingerprint density at radius 1 is 1.50 bits per heavy atom. The van der Waals surface area contributed by atoms with Gasteiger partial charge in [-0.1, -0.05) is 18.3 Å². The molecule has 0 atom stereocenters. The first kappa shape index (κ1) is 14.8. The highest BCUT2D eigenvalue weighted by Gasteiger charge is 2.23. The van der Waals surface area contributed by atoms with Crippen molar-refractivity contribution in [1.82, 2.24) is 9.88 Å². The molecule has 0 spiro atoms. The molecule has 102 valence electrons. The minimum atomic E-state index is -0.0222. The maximum Gasteiger partial charge on any atom is 0.268 e. The molecule has 0 aliphatic heterocycles. The van der Waals surface area contributed by atoms with Gasteiger partial charge >= 0.3 is 0 Å². The second-order valence-electron chi connectivity index (χ2n) is 4.36. The van der Waals surface area contributed by atoms with Gasteiger partial charge in [0.05, 0.1) is 0 Å². The molecule has 0 aliphatic carbocycles. The first-order chi connectivity index (χ1) is 8.51. The van der Waals surface area contributed by atoms with E-state index in [-0.39, 0.29) is 11.9 Å². The number of amides is 1. The van der Waals surface area contributed by atoms with Crippen LogP contribution in [0.25, 0.3) is 0 Å². The van der Waals surface area contributed by atoms with E-state index in [2.05, 4.69) is 17.2 Å². The smallest absolute Gasteiger partial charge is 0.268 e. The van der Waals surface area contributed by atoms with E-state index in [0.717, 1.165) is 19.5 Å². The van der Waals surface area contributed by atoms with Crippen molar-refractivity contribution in [2.75, 3.05) is 24.1 Å². The Hall–Kier alpha value is -1.30. The quantitative estimate of drug-likeness (QED) is 0.832. The largest absolute Gasteiger partial charge is 0.382 e. The van der Waals surface area contributed by atoms with Gasteiger partial charge in [-0.15, -0.1) is 0 Å². The molecule has 0 fully saturated rings. The lowest BCUT2D eigenvalue weighted by Crippen LogP contribution is -2.37. The van der Waals surface area contributed by atoms with Crippen molar-refractivity contribution in [3.05, 3.63) is 4.88 Å². The molecule has 1 amide bonds. The number of thiazole rings is 1. The molecule has 1 rings (SSSR count). The summed E-state index contributed by atoms with van der Waals surface area (Å²) in [6.45, 7) is 9.57. The van der Waals surface area contributed by atoms with Crippen LogP contribution in [0.15, 0.2) is 0 Å². The zero-order valence-electron chi connectivity index (χ0n) is 11.5. The van der Waals surface area contributed by atoms with Gasteiger partial charge in [0.25, 0.3) is 5.91 Å². The SMILES string of the molecule is CCCN(C(=O)c1sc(NCC)nc1N)C(C)C. The predicted molar refractivity (Wildman–Crippen MR) is 77.2 cm³/mol. The number of carbonyl (C=O) groups excluding carboxylic acids is 1. The average molecular weight is 270 g/mol. The van der Waals surface area contributed by atoms with Crippen molar-refractivity contribution in [3.63, 3.8) is 0 Å². The summed E-state index contributed by atoms with van der Waals surface area (Å²) in [4.78, 5) is 18.9. The van der Waals surface area contributed by atoms with Crippen LogP contribution in [-0.2, 0) is 0 Å². The van der Waals surface area contributed by atoms with E-state index in [1.807, 2.05) is 25.7 Å². The molecule has 5 nitrogen and oxygen atoms in total. The second-order valence-corrected chi connectivity index (χ2v) is 5.36. The van der Waals surface area contributed by atoms with E-state index in [0.29, 0.717) is 15.8 Å². The minimum absolute atomic E-state index is 0.0222. The van der Waals surface area contributed by atoms with Gasteiger partial charge in [0.15, 0.2) is 5.13 Å². The minimum Gasteiger partial charge on any atom is -0.382 e. The van der Waals surface area contributed by atoms with E-state index < -0.39 is 0 Å². The summed E-state index contributed by atoms with van der Waals surface area (Å²) < 4.78 is 0. The molecule has 1 aromatic heterocycles. The third-order valence-electron chi connectivity index (χ3n) is 2.52. The molecule has 0 saturated carbocycles. The molecule has 0 radical (unpaired) electrons. The number of nitrogens with one attached hydrogen (secondary N) is 1. The number of aromatic nitrogens is 1. The maximum atomic E-state index is 12.4. The number of anilines is 2. The lowest BCUT2D eigenvalue weighted by atomic mass is 10.2. The average Bonchev–Trinajstić information content (AvgIpc) is 2.66. The fourth-order valence-corrected chi connectivity index (χ4v) is 2.59. The first-order valence-corrected chi connectivity index (χ1v) is 7.14. The van der Waals surface area contributed by atoms with Crippen LogP contribution >= 0.6 is 11.3 Å². The van der Waals surface area contributed by atoms with Gasteiger partial charge < -0.3 is 16.0 Å². The molecule has 1 aromatic rings. The number of hydrogen-bond donors (Lipinski definition) is 2. The van der Waals surface area contributed by atoms with Crippen molar-refractivity contribution in [2.45, 2.75) is 40.2 Å².